The van der Waals surface area contributed by atoms with Gasteiger partial charge in [0.15, 0.2) is 0 Å². The molecular formula is C13H24N2O. The van der Waals surface area contributed by atoms with Crippen LogP contribution in [0.5, 0.6) is 0 Å². The molecule has 0 radical (unpaired) electrons. The van der Waals surface area contributed by atoms with Gasteiger partial charge in [0, 0.05) is 12.1 Å². The van der Waals surface area contributed by atoms with Gasteiger partial charge in [-0.25, -0.2) is 0 Å². The van der Waals surface area contributed by atoms with Crippen LogP contribution in [-0.4, -0.2) is 37.0 Å². The predicted octanol–water partition coefficient (Wildman–Crippen LogP) is 1.94. The van der Waals surface area contributed by atoms with Crippen molar-refractivity contribution in [2.24, 2.45) is 0 Å². The molecule has 16 heavy (non-hydrogen) atoms. The van der Waals surface area contributed by atoms with Gasteiger partial charge in [-0.3, -0.25) is 4.79 Å². The summed E-state index contributed by atoms with van der Waals surface area (Å²) in [4.78, 5) is 14.0. The van der Waals surface area contributed by atoms with Crippen LogP contribution in [0.3, 0.4) is 0 Å². The fourth-order valence-corrected chi connectivity index (χ4v) is 2.05. The highest BCUT2D eigenvalue weighted by molar-refractivity contribution is 5.92. The summed E-state index contributed by atoms with van der Waals surface area (Å²) in [6, 6.07) is 0. The van der Waals surface area contributed by atoms with E-state index in [1.807, 2.05) is 19.9 Å². The zero-order valence-electron chi connectivity index (χ0n) is 10.6. The number of rotatable bonds is 6. The molecule has 1 heterocycles. The van der Waals surface area contributed by atoms with Gasteiger partial charge in [0.25, 0.3) is 0 Å². The number of nitrogens with zero attached hydrogens (tertiary/aromatic N) is 1. The molecule has 3 nitrogen and oxygen atoms in total. The van der Waals surface area contributed by atoms with Gasteiger partial charge < -0.3 is 10.2 Å². The minimum atomic E-state index is 0.0864. The van der Waals surface area contributed by atoms with Crippen molar-refractivity contribution in [3.05, 3.63) is 11.6 Å². The molecule has 1 rings (SSSR count). The molecule has 1 saturated heterocycles. The van der Waals surface area contributed by atoms with Crippen LogP contribution in [0.4, 0.5) is 0 Å². The Labute approximate surface area is 98.9 Å². The lowest BCUT2D eigenvalue weighted by atomic mass is 10.2. The first-order chi connectivity index (χ1) is 7.74. The molecular weight excluding hydrogens is 200 g/mol. The predicted molar refractivity (Wildman–Crippen MR) is 67.3 cm³/mol. The van der Waals surface area contributed by atoms with Gasteiger partial charge in [-0.1, -0.05) is 13.0 Å². The third kappa shape index (κ3) is 4.79. The SMILES string of the molecule is CC/C=C(/C)C(=O)NCCCN1CCCC1. The standard InChI is InChI=1S/C13H24N2O/c1-3-7-12(2)13(16)14-8-6-11-15-9-4-5-10-15/h7H,3-6,8-11H2,1-2H3,(H,14,16)/b12-7-. The first-order valence-corrected chi connectivity index (χ1v) is 6.41. The summed E-state index contributed by atoms with van der Waals surface area (Å²) >= 11 is 0. The third-order valence-corrected chi connectivity index (χ3v) is 3.00. The molecule has 1 aliphatic heterocycles. The zero-order valence-corrected chi connectivity index (χ0v) is 10.6. The minimum absolute atomic E-state index is 0.0864. The molecule has 0 aromatic rings. The van der Waals surface area contributed by atoms with Crippen LogP contribution in [-0.2, 0) is 4.79 Å². The maximum absolute atomic E-state index is 11.5. The number of nitrogens with one attached hydrogen (secondary N) is 1. The highest BCUT2D eigenvalue weighted by Crippen LogP contribution is 2.06. The number of hydrogen-bond donors (Lipinski definition) is 1. The molecule has 1 fully saturated rings. The van der Waals surface area contributed by atoms with E-state index in [9.17, 15) is 4.79 Å². The molecule has 0 aromatic heterocycles. The molecule has 0 saturated carbocycles. The van der Waals surface area contributed by atoms with Crippen molar-refractivity contribution in [1.29, 1.82) is 0 Å². The Morgan fingerprint density at radius 2 is 2.06 bits per heavy atom. The largest absolute Gasteiger partial charge is 0.352 e. The number of carbonyl (C=O) groups excluding carboxylic acids is 1. The Balaban J connectivity index is 2.06. The number of likely N-dealkylation sites (tertiary alicyclic amines) is 1. The lowest BCUT2D eigenvalue weighted by Crippen LogP contribution is -2.29. The van der Waals surface area contributed by atoms with Gasteiger partial charge in [-0.05, 0) is 52.2 Å². The molecule has 1 N–H and O–H groups in total. The zero-order chi connectivity index (χ0) is 11.8. The number of hydrogen-bond acceptors (Lipinski definition) is 2. The van der Waals surface area contributed by atoms with Crippen LogP contribution in [0.25, 0.3) is 0 Å². The summed E-state index contributed by atoms with van der Waals surface area (Å²) in [7, 11) is 0. The highest BCUT2D eigenvalue weighted by atomic mass is 16.1. The second-order valence-electron chi connectivity index (χ2n) is 4.45. The molecule has 0 aromatic carbocycles. The monoisotopic (exact) mass is 224 g/mol. The average Bonchev–Trinajstić information content (AvgIpc) is 2.77. The second-order valence-corrected chi connectivity index (χ2v) is 4.45. The normalized spacial score (nSPS) is 17.8. The molecule has 0 unspecified atom stereocenters. The summed E-state index contributed by atoms with van der Waals surface area (Å²) in [5.74, 6) is 0.0864. The van der Waals surface area contributed by atoms with Crippen molar-refractivity contribution in [1.82, 2.24) is 10.2 Å². The average molecular weight is 224 g/mol. The van der Waals surface area contributed by atoms with Crippen molar-refractivity contribution in [3.8, 4) is 0 Å². The Kier molecular flexibility index (Phi) is 6.16. The summed E-state index contributed by atoms with van der Waals surface area (Å²) in [6.07, 6.45) is 6.63. The Hall–Kier alpha value is -0.830. The first kappa shape index (κ1) is 13.2. The van der Waals surface area contributed by atoms with Gasteiger partial charge in [-0.2, -0.15) is 0 Å². The fraction of sp³-hybridized carbons (Fsp3) is 0.769. The number of carbonyl (C=O) groups is 1. The smallest absolute Gasteiger partial charge is 0.246 e. The lowest BCUT2D eigenvalue weighted by molar-refractivity contribution is -0.117. The molecule has 92 valence electrons. The van der Waals surface area contributed by atoms with E-state index in [4.69, 9.17) is 0 Å². The van der Waals surface area contributed by atoms with Crippen molar-refractivity contribution < 1.29 is 4.79 Å². The van der Waals surface area contributed by atoms with E-state index >= 15 is 0 Å². The van der Waals surface area contributed by atoms with E-state index < -0.39 is 0 Å². The van der Waals surface area contributed by atoms with Gasteiger partial charge in [0.05, 0.1) is 0 Å². The van der Waals surface area contributed by atoms with E-state index in [1.165, 1.54) is 25.9 Å². The molecule has 1 aliphatic rings. The summed E-state index contributed by atoms with van der Waals surface area (Å²) in [5, 5.41) is 2.96. The first-order valence-electron chi connectivity index (χ1n) is 6.41. The topological polar surface area (TPSA) is 32.3 Å². The van der Waals surface area contributed by atoms with E-state index in [1.54, 1.807) is 0 Å². The molecule has 0 spiro atoms. The van der Waals surface area contributed by atoms with Crippen LogP contribution in [0, 0.1) is 0 Å². The van der Waals surface area contributed by atoms with Crippen molar-refractivity contribution in [2.75, 3.05) is 26.2 Å². The van der Waals surface area contributed by atoms with Crippen LogP contribution in [0.1, 0.15) is 39.5 Å². The van der Waals surface area contributed by atoms with E-state index in [2.05, 4.69) is 10.2 Å². The molecule has 0 atom stereocenters. The van der Waals surface area contributed by atoms with E-state index in [-0.39, 0.29) is 5.91 Å². The molecule has 1 amide bonds. The minimum Gasteiger partial charge on any atom is -0.352 e. The Morgan fingerprint density at radius 3 is 2.69 bits per heavy atom. The molecule has 3 heteroatoms. The van der Waals surface area contributed by atoms with Crippen molar-refractivity contribution in [2.45, 2.75) is 39.5 Å². The molecule has 0 aliphatic carbocycles. The number of allylic oxidation sites excluding steroid dienone is 1. The summed E-state index contributed by atoms with van der Waals surface area (Å²) < 4.78 is 0. The Bertz CT molecular complexity index is 242. The van der Waals surface area contributed by atoms with Gasteiger partial charge in [0.2, 0.25) is 5.91 Å². The van der Waals surface area contributed by atoms with Crippen LogP contribution in [0.2, 0.25) is 0 Å². The van der Waals surface area contributed by atoms with Gasteiger partial charge in [-0.15, -0.1) is 0 Å². The number of amides is 1. The summed E-state index contributed by atoms with van der Waals surface area (Å²) in [6.45, 7) is 8.32. The fourth-order valence-electron chi connectivity index (χ4n) is 2.05. The highest BCUT2D eigenvalue weighted by Gasteiger charge is 2.10. The van der Waals surface area contributed by atoms with Crippen LogP contribution < -0.4 is 5.32 Å². The quantitative estimate of drug-likeness (QED) is 0.552. The maximum atomic E-state index is 11.5. The second kappa shape index (κ2) is 7.44. The van der Waals surface area contributed by atoms with Gasteiger partial charge in [0.1, 0.15) is 0 Å². The summed E-state index contributed by atoms with van der Waals surface area (Å²) in [5.41, 5.74) is 0.837. The molecule has 0 bridgehead atoms. The van der Waals surface area contributed by atoms with Gasteiger partial charge >= 0.3 is 0 Å². The Morgan fingerprint density at radius 1 is 1.38 bits per heavy atom. The van der Waals surface area contributed by atoms with Crippen molar-refractivity contribution >= 4 is 5.91 Å². The van der Waals surface area contributed by atoms with E-state index in [0.29, 0.717) is 0 Å². The third-order valence-electron chi connectivity index (χ3n) is 3.00. The van der Waals surface area contributed by atoms with Crippen LogP contribution in [0.15, 0.2) is 11.6 Å². The maximum Gasteiger partial charge on any atom is 0.246 e. The lowest BCUT2D eigenvalue weighted by Gasteiger charge is -2.14. The van der Waals surface area contributed by atoms with Crippen LogP contribution >= 0.6 is 0 Å². The van der Waals surface area contributed by atoms with E-state index in [0.717, 1.165) is 31.5 Å². The van der Waals surface area contributed by atoms with Crippen molar-refractivity contribution in [3.63, 3.8) is 0 Å².